The number of nitrogens with zero attached hydrogens (tertiary/aromatic N) is 1. The molecule has 0 atom stereocenters. The Kier molecular flexibility index (Phi) is 3.34. The van der Waals surface area contributed by atoms with Gasteiger partial charge in [-0.05, 0) is 25.0 Å². The highest BCUT2D eigenvalue weighted by molar-refractivity contribution is 7.19. The molecule has 0 spiro atoms. The largest absolute Gasteiger partial charge is 0.464 e. The number of rotatable bonds is 2. The zero-order valence-electron chi connectivity index (χ0n) is 10.5. The summed E-state index contributed by atoms with van der Waals surface area (Å²) in [5, 5.41) is 0.366. The number of nitrogen functional groups attached to an aromatic ring is 1. The summed E-state index contributed by atoms with van der Waals surface area (Å²) in [6.45, 7) is 4.03. The van der Waals surface area contributed by atoms with E-state index in [0.29, 0.717) is 5.13 Å². The van der Waals surface area contributed by atoms with Crippen LogP contribution in [0.2, 0.25) is 0 Å². The number of anilines is 1. The fourth-order valence-electron chi connectivity index (χ4n) is 1.82. The molecular weight excluding hydrogens is 248 g/mol. The second-order valence-corrected chi connectivity index (χ2v) is 5.07. The monoisotopic (exact) mass is 262 g/mol. The Morgan fingerprint density at radius 1 is 1.39 bits per heavy atom. The smallest absolute Gasteiger partial charge is 0.358 e. The second kappa shape index (κ2) is 4.78. The molecule has 18 heavy (non-hydrogen) atoms. The van der Waals surface area contributed by atoms with Crippen molar-refractivity contribution in [2.24, 2.45) is 0 Å². The van der Waals surface area contributed by atoms with Gasteiger partial charge in [0.25, 0.3) is 0 Å². The van der Waals surface area contributed by atoms with E-state index in [0.717, 1.165) is 16.0 Å². The summed E-state index contributed by atoms with van der Waals surface area (Å²) in [4.78, 5) is 16.5. The molecule has 0 bridgehead atoms. The average Bonchev–Trinajstić information content (AvgIpc) is 2.70. The lowest BCUT2D eigenvalue weighted by Crippen LogP contribution is -2.04. The van der Waals surface area contributed by atoms with Crippen LogP contribution in [0.15, 0.2) is 18.2 Å². The molecule has 0 fully saturated rings. The molecule has 0 aliphatic rings. The van der Waals surface area contributed by atoms with Crippen LogP contribution in [-0.2, 0) is 4.74 Å². The Hall–Kier alpha value is -1.88. The van der Waals surface area contributed by atoms with Gasteiger partial charge in [0.2, 0.25) is 0 Å². The van der Waals surface area contributed by atoms with Crippen molar-refractivity contribution in [1.82, 2.24) is 4.98 Å². The number of ether oxygens (including phenoxy) is 1. The van der Waals surface area contributed by atoms with Gasteiger partial charge < -0.3 is 10.5 Å². The average molecular weight is 262 g/mol. The Bertz CT molecular complexity index is 605. The van der Waals surface area contributed by atoms with Crippen LogP contribution in [0.5, 0.6) is 0 Å². The van der Waals surface area contributed by atoms with E-state index in [9.17, 15) is 4.79 Å². The minimum absolute atomic E-state index is 0.284. The van der Waals surface area contributed by atoms with Crippen LogP contribution in [0.4, 0.5) is 5.13 Å². The lowest BCUT2D eigenvalue weighted by Gasteiger charge is -2.05. The molecule has 2 rings (SSSR count). The maximum atomic E-state index is 11.7. The van der Waals surface area contributed by atoms with E-state index < -0.39 is 5.97 Å². The van der Waals surface area contributed by atoms with Gasteiger partial charge in [0, 0.05) is 0 Å². The van der Waals surface area contributed by atoms with Gasteiger partial charge >= 0.3 is 5.97 Å². The van der Waals surface area contributed by atoms with E-state index in [1.165, 1.54) is 24.0 Å². The summed E-state index contributed by atoms with van der Waals surface area (Å²) in [6.07, 6.45) is 0. The molecule has 94 valence electrons. The zero-order valence-corrected chi connectivity index (χ0v) is 11.3. The van der Waals surface area contributed by atoms with E-state index >= 15 is 0 Å². The normalized spacial score (nSPS) is 10.4. The van der Waals surface area contributed by atoms with Crippen molar-refractivity contribution in [2.45, 2.75) is 13.8 Å². The number of aromatic nitrogens is 1. The summed E-state index contributed by atoms with van der Waals surface area (Å²) >= 11 is 1.30. The fourth-order valence-corrected chi connectivity index (χ4v) is 2.73. The summed E-state index contributed by atoms with van der Waals surface area (Å²) < 4.78 is 4.73. The first-order valence-corrected chi connectivity index (χ1v) is 6.27. The molecule has 0 aliphatic carbocycles. The highest BCUT2D eigenvalue weighted by Crippen LogP contribution is 2.34. The molecule has 0 radical (unpaired) electrons. The van der Waals surface area contributed by atoms with Crippen LogP contribution < -0.4 is 5.73 Å². The van der Waals surface area contributed by atoms with E-state index in [4.69, 9.17) is 10.5 Å². The van der Waals surface area contributed by atoms with Gasteiger partial charge in [0.15, 0.2) is 10.8 Å². The van der Waals surface area contributed by atoms with Crippen molar-refractivity contribution in [3.63, 3.8) is 0 Å². The molecular formula is C13H14N2O2S. The van der Waals surface area contributed by atoms with Gasteiger partial charge in [0.05, 0.1) is 12.0 Å². The van der Waals surface area contributed by atoms with Gasteiger partial charge in [-0.1, -0.05) is 35.1 Å². The first-order chi connectivity index (χ1) is 8.52. The molecule has 0 saturated heterocycles. The predicted octanol–water partition coefficient (Wildman–Crippen LogP) is 2.80. The summed E-state index contributed by atoms with van der Waals surface area (Å²) in [5.41, 5.74) is 9.20. The maximum Gasteiger partial charge on any atom is 0.358 e. The molecule has 0 aliphatic heterocycles. The first-order valence-electron chi connectivity index (χ1n) is 5.45. The van der Waals surface area contributed by atoms with E-state index in [-0.39, 0.29) is 5.69 Å². The molecule has 1 aromatic heterocycles. The van der Waals surface area contributed by atoms with Gasteiger partial charge in [-0.25, -0.2) is 9.78 Å². The van der Waals surface area contributed by atoms with Gasteiger partial charge in [0.1, 0.15) is 0 Å². The molecule has 5 heteroatoms. The number of esters is 1. The van der Waals surface area contributed by atoms with Crippen LogP contribution in [-0.4, -0.2) is 18.1 Å². The van der Waals surface area contributed by atoms with Crippen LogP contribution in [0.3, 0.4) is 0 Å². The molecule has 0 saturated carbocycles. The minimum Gasteiger partial charge on any atom is -0.464 e. The summed E-state index contributed by atoms with van der Waals surface area (Å²) in [5.74, 6) is -0.460. The van der Waals surface area contributed by atoms with E-state index in [1.54, 1.807) is 0 Å². The quantitative estimate of drug-likeness (QED) is 0.845. The lowest BCUT2D eigenvalue weighted by molar-refractivity contribution is 0.0596. The van der Waals surface area contributed by atoms with Gasteiger partial charge in [-0.2, -0.15) is 0 Å². The number of carbonyl (C=O) groups excluding carboxylic acids is 1. The number of hydrogen-bond acceptors (Lipinski definition) is 5. The molecule has 0 amide bonds. The molecule has 2 N–H and O–H groups in total. The minimum atomic E-state index is -0.460. The Morgan fingerprint density at radius 3 is 2.72 bits per heavy atom. The van der Waals surface area contributed by atoms with Crippen molar-refractivity contribution >= 4 is 22.4 Å². The van der Waals surface area contributed by atoms with Crippen molar-refractivity contribution in [1.29, 1.82) is 0 Å². The second-order valence-electron chi connectivity index (χ2n) is 4.04. The zero-order chi connectivity index (χ0) is 13.3. The summed E-state index contributed by atoms with van der Waals surface area (Å²) in [6, 6.07) is 6.04. The number of nitrogens with two attached hydrogens (primary N) is 1. The first kappa shape index (κ1) is 12.6. The third kappa shape index (κ3) is 2.22. The molecule has 2 aromatic rings. The Morgan fingerprint density at radius 2 is 2.11 bits per heavy atom. The number of methoxy groups -OCH3 is 1. The number of hydrogen-bond donors (Lipinski definition) is 1. The number of carbonyl (C=O) groups is 1. The molecule has 0 unspecified atom stereocenters. The maximum absolute atomic E-state index is 11.7. The Balaban J connectivity index is 2.60. The van der Waals surface area contributed by atoms with Crippen molar-refractivity contribution in [2.75, 3.05) is 12.8 Å². The summed E-state index contributed by atoms with van der Waals surface area (Å²) in [7, 11) is 1.34. The van der Waals surface area contributed by atoms with Crippen LogP contribution in [0, 0.1) is 13.8 Å². The molecule has 1 heterocycles. The van der Waals surface area contributed by atoms with Gasteiger partial charge in [-0.3, -0.25) is 0 Å². The standard InChI is InChI=1S/C13H14N2O2S/c1-7-4-5-9(8(2)6-7)11-10(12(16)17-3)15-13(14)18-11/h4-6H,1-3H3,(H2,14,15). The van der Waals surface area contributed by atoms with Crippen LogP contribution in [0.1, 0.15) is 21.6 Å². The molecule has 4 nitrogen and oxygen atoms in total. The number of benzene rings is 1. The van der Waals surface area contributed by atoms with Crippen LogP contribution in [0.25, 0.3) is 10.4 Å². The topological polar surface area (TPSA) is 65.2 Å². The highest BCUT2D eigenvalue weighted by atomic mass is 32.1. The fraction of sp³-hybridized carbons (Fsp3) is 0.231. The van der Waals surface area contributed by atoms with E-state index in [1.807, 2.05) is 26.0 Å². The predicted molar refractivity (Wildman–Crippen MR) is 72.8 cm³/mol. The SMILES string of the molecule is COC(=O)c1nc(N)sc1-c1ccc(C)cc1C. The van der Waals surface area contributed by atoms with Crippen molar-refractivity contribution < 1.29 is 9.53 Å². The number of aryl methyl sites for hydroxylation is 2. The third-order valence-electron chi connectivity index (χ3n) is 2.65. The van der Waals surface area contributed by atoms with Crippen molar-refractivity contribution in [3.05, 3.63) is 35.0 Å². The third-order valence-corrected chi connectivity index (χ3v) is 3.57. The lowest BCUT2D eigenvalue weighted by atomic mass is 10.0. The number of thiazole rings is 1. The highest BCUT2D eigenvalue weighted by Gasteiger charge is 2.20. The Labute approximate surface area is 109 Å². The van der Waals surface area contributed by atoms with Crippen molar-refractivity contribution in [3.8, 4) is 10.4 Å². The van der Waals surface area contributed by atoms with E-state index in [2.05, 4.69) is 11.1 Å². The van der Waals surface area contributed by atoms with Crippen LogP contribution >= 0.6 is 11.3 Å². The molecule has 1 aromatic carbocycles. The van der Waals surface area contributed by atoms with Gasteiger partial charge in [-0.15, -0.1) is 0 Å².